The quantitative estimate of drug-likeness (QED) is 0.226. The van der Waals surface area contributed by atoms with E-state index in [9.17, 15) is 14.0 Å². The van der Waals surface area contributed by atoms with Gasteiger partial charge in [-0.05, 0) is 67.6 Å². The topological polar surface area (TPSA) is 126 Å². The van der Waals surface area contributed by atoms with Crippen molar-refractivity contribution >= 4 is 22.9 Å². The van der Waals surface area contributed by atoms with Gasteiger partial charge in [-0.2, -0.15) is 5.10 Å². The standard InChI is InChI=1S/C32H24F2N6O4/c1-2-43-26-13-15-39(22-7-4-20(33)5-8-22)32(42)29(26)31(41)38-21-6-9-25(24(34)17-21)44-27-11-14-37-40-16-12-23(30(27)40)19-3-10-28(35)36-18-19/h3-18H,2H2,1H3,(H2,35,36)(H,38,41). The number of fused-ring (bicyclic) bond motifs is 1. The lowest BCUT2D eigenvalue weighted by molar-refractivity contribution is 0.102. The Hall–Kier alpha value is -6.04. The zero-order valence-electron chi connectivity index (χ0n) is 23.2. The van der Waals surface area contributed by atoms with Gasteiger partial charge in [0.15, 0.2) is 17.3 Å². The summed E-state index contributed by atoms with van der Waals surface area (Å²) in [6.07, 6.45) is 6.32. The molecule has 6 aromatic rings. The Bertz CT molecular complexity index is 2060. The molecule has 0 spiro atoms. The summed E-state index contributed by atoms with van der Waals surface area (Å²) in [5.74, 6) is -1.39. The summed E-state index contributed by atoms with van der Waals surface area (Å²) in [4.78, 5) is 30.8. The molecule has 0 aliphatic heterocycles. The van der Waals surface area contributed by atoms with Crippen LogP contribution in [0.3, 0.4) is 0 Å². The number of aromatic nitrogens is 4. The predicted molar refractivity (Wildman–Crippen MR) is 160 cm³/mol. The molecule has 1 amide bonds. The fourth-order valence-corrected chi connectivity index (χ4v) is 4.68. The fraction of sp³-hybridized carbons (Fsp3) is 0.0625. The summed E-state index contributed by atoms with van der Waals surface area (Å²) in [7, 11) is 0. The normalized spacial score (nSPS) is 11.0. The van der Waals surface area contributed by atoms with Crippen LogP contribution < -0.4 is 26.1 Å². The lowest BCUT2D eigenvalue weighted by Gasteiger charge is -2.14. The Labute approximate surface area is 248 Å². The molecule has 0 bridgehead atoms. The maximum absolute atomic E-state index is 15.3. The molecular formula is C32H24F2N6O4. The van der Waals surface area contributed by atoms with Crippen LogP contribution in [-0.4, -0.2) is 31.7 Å². The number of benzene rings is 2. The number of pyridine rings is 2. The van der Waals surface area contributed by atoms with Crippen LogP contribution in [0.25, 0.3) is 22.3 Å². The van der Waals surface area contributed by atoms with Crippen LogP contribution in [0.2, 0.25) is 0 Å². The number of rotatable bonds is 8. The minimum absolute atomic E-state index is 0.0507. The van der Waals surface area contributed by atoms with Gasteiger partial charge in [0.25, 0.3) is 11.5 Å². The second-order valence-corrected chi connectivity index (χ2v) is 9.53. The maximum Gasteiger partial charge on any atom is 0.271 e. The number of carbonyl (C=O) groups excluding carboxylic acids is 1. The average Bonchev–Trinajstić information content (AvgIpc) is 3.45. The van der Waals surface area contributed by atoms with E-state index in [4.69, 9.17) is 15.2 Å². The van der Waals surface area contributed by atoms with Crippen molar-refractivity contribution in [2.24, 2.45) is 0 Å². The van der Waals surface area contributed by atoms with Gasteiger partial charge in [-0.15, -0.1) is 0 Å². The van der Waals surface area contributed by atoms with Crippen LogP contribution in [0.4, 0.5) is 20.3 Å². The molecule has 0 unspecified atom stereocenters. The highest BCUT2D eigenvalue weighted by Crippen LogP contribution is 2.35. The predicted octanol–water partition coefficient (Wildman–Crippen LogP) is 5.85. The molecule has 4 heterocycles. The van der Waals surface area contributed by atoms with Crippen LogP contribution in [0.1, 0.15) is 17.3 Å². The van der Waals surface area contributed by atoms with Crippen LogP contribution >= 0.6 is 0 Å². The number of nitrogen functional groups attached to an aromatic ring is 1. The molecule has 0 saturated heterocycles. The zero-order chi connectivity index (χ0) is 30.8. The number of nitrogens with one attached hydrogen (secondary N) is 1. The Kier molecular flexibility index (Phi) is 7.46. The summed E-state index contributed by atoms with van der Waals surface area (Å²) in [5, 5.41) is 6.86. The summed E-state index contributed by atoms with van der Waals surface area (Å²) in [5.41, 5.74) is 7.27. The van der Waals surface area contributed by atoms with Crippen molar-refractivity contribution in [3.63, 3.8) is 0 Å². The van der Waals surface area contributed by atoms with Crippen molar-refractivity contribution in [3.05, 3.63) is 125 Å². The summed E-state index contributed by atoms with van der Waals surface area (Å²) >= 11 is 0. The first-order valence-electron chi connectivity index (χ1n) is 13.4. The maximum atomic E-state index is 15.3. The third-order valence-electron chi connectivity index (χ3n) is 6.71. The number of nitrogens with two attached hydrogens (primary N) is 1. The Morgan fingerprint density at radius 3 is 2.50 bits per heavy atom. The Morgan fingerprint density at radius 2 is 1.77 bits per heavy atom. The van der Waals surface area contributed by atoms with Gasteiger partial charge in [0.1, 0.15) is 28.5 Å². The van der Waals surface area contributed by atoms with Crippen molar-refractivity contribution in [2.45, 2.75) is 6.92 Å². The minimum Gasteiger partial charge on any atom is -0.493 e. The van der Waals surface area contributed by atoms with Crippen LogP contribution in [0, 0.1) is 11.6 Å². The minimum atomic E-state index is -0.811. The largest absolute Gasteiger partial charge is 0.493 e. The van der Waals surface area contributed by atoms with Crippen molar-refractivity contribution in [1.82, 2.24) is 19.2 Å². The van der Waals surface area contributed by atoms with Crippen molar-refractivity contribution in [1.29, 1.82) is 0 Å². The molecule has 220 valence electrons. The highest BCUT2D eigenvalue weighted by atomic mass is 19.1. The molecule has 2 aromatic carbocycles. The van der Waals surface area contributed by atoms with E-state index in [0.717, 1.165) is 17.2 Å². The van der Waals surface area contributed by atoms with Gasteiger partial charge < -0.3 is 20.5 Å². The molecule has 0 saturated carbocycles. The first-order valence-corrected chi connectivity index (χ1v) is 13.4. The third-order valence-corrected chi connectivity index (χ3v) is 6.71. The van der Waals surface area contributed by atoms with Gasteiger partial charge >= 0.3 is 0 Å². The number of amides is 1. The second kappa shape index (κ2) is 11.7. The van der Waals surface area contributed by atoms with Crippen LogP contribution in [-0.2, 0) is 0 Å². The smallest absolute Gasteiger partial charge is 0.271 e. The summed E-state index contributed by atoms with van der Waals surface area (Å²) in [6, 6.07) is 17.5. The molecule has 6 rings (SSSR count). The highest BCUT2D eigenvalue weighted by Gasteiger charge is 2.21. The number of anilines is 2. The highest BCUT2D eigenvalue weighted by molar-refractivity contribution is 6.06. The van der Waals surface area contributed by atoms with E-state index in [1.54, 1.807) is 36.0 Å². The molecule has 4 aromatic heterocycles. The van der Waals surface area contributed by atoms with Gasteiger partial charge in [-0.3, -0.25) is 14.2 Å². The fourth-order valence-electron chi connectivity index (χ4n) is 4.68. The number of halogens is 2. The molecule has 0 aliphatic rings. The second-order valence-electron chi connectivity index (χ2n) is 9.53. The van der Waals surface area contributed by atoms with E-state index in [2.05, 4.69) is 15.4 Å². The summed E-state index contributed by atoms with van der Waals surface area (Å²) in [6.45, 7) is 1.91. The Balaban J connectivity index is 1.28. The number of hydrogen-bond donors (Lipinski definition) is 2. The first kappa shape index (κ1) is 28.1. The van der Waals surface area contributed by atoms with Gasteiger partial charge in [-0.25, -0.2) is 18.3 Å². The van der Waals surface area contributed by atoms with E-state index in [1.165, 1.54) is 59.4 Å². The van der Waals surface area contributed by atoms with Crippen LogP contribution in [0.5, 0.6) is 17.2 Å². The molecule has 0 aliphatic carbocycles. The van der Waals surface area contributed by atoms with Crippen molar-refractivity contribution < 1.29 is 23.0 Å². The third kappa shape index (κ3) is 5.43. The lowest BCUT2D eigenvalue weighted by Crippen LogP contribution is -2.29. The molecule has 44 heavy (non-hydrogen) atoms. The lowest BCUT2D eigenvalue weighted by atomic mass is 10.1. The molecular weight excluding hydrogens is 570 g/mol. The zero-order valence-corrected chi connectivity index (χ0v) is 23.2. The van der Waals surface area contributed by atoms with Crippen molar-refractivity contribution in [3.8, 4) is 34.1 Å². The van der Waals surface area contributed by atoms with E-state index in [-0.39, 0.29) is 29.4 Å². The summed E-state index contributed by atoms with van der Waals surface area (Å²) < 4.78 is 43.1. The molecule has 0 atom stereocenters. The average molecular weight is 595 g/mol. The van der Waals surface area contributed by atoms with Gasteiger partial charge in [0.05, 0.1) is 12.8 Å². The molecule has 3 N–H and O–H groups in total. The van der Waals surface area contributed by atoms with E-state index in [0.29, 0.717) is 22.8 Å². The number of carbonyl (C=O) groups is 1. The number of nitrogens with zero attached hydrogens (tertiary/aromatic N) is 4. The van der Waals surface area contributed by atoms with Gasteiger partial charge in [0.2, 0.25) is 0 Å². The van der Waals surface area contributed by atoms with E-state index in [1.807, 2.05) is 12.1 Å². The van der Waals surface area contributed by atoms with Gasteiger partial charge in [0, 0.05) is 53.2 Å². The van der Waals surface area contributed by atoms with Crippen molar-refractivity contribution in [2.75, 3.05) is 17.7 Å². The van der Waals surface area contributed by atoms with Crippen LogP contribution in [0.15, 0.2) is 102 Å². The number of hydrogen-bond acceptors (Lipinski definition) is 7. The molecule has 0 radical (unpaired) electrons. The molecule has 0 fully saturated rings. The van der Waals surface area contributed by atoms with E-state index < -0.39 is 23.1 Å². The SMILES string of the molecule is CCOc1ccn(-c2ccc(F)cc2)c(=O)c1C(=O)Nc1ccc(Oc2ccnn3ccc(-c4ccc(N)nc4)c23)c(F)c1. The Morgan fingerprint density at radius 1 is 0.955 bits per heavy atom. The van der Waals surface area contributed by atoms with Gasteiger partial charge in [-0.1, -0.05) is 0 Å². The number of ether oxygens (including phenoxy) is 2. The molecule has 12 heteroatoms. The first-order chi connectivity index (χ1) is 21.3. The monoisotopic (exact) mass is 594 g/mol. The molecule has 10 nitrogen and oxygen atoms in total. The van der Waals surface area contributed by atoms with E-state index >= 15 is 4.39 Å².